The highest BCUT2D eigenvalue weighted by molar-refractivity contribution is 5.86. The van der Waals surface area contributed by atoms with Crippen LogP contribution in [0.25, 0.3) is 0 Å². The molecular formula is C13H26N2O3. The lowest BCUT2D eigenvalue weighted by Gasteiger charge is -2.37. The average molecular weight is 258 g/mol. The molecule has 1 aliphatic rings. The first-order chi connectivity index (χ1) is 8.35. The van der Waals surface area contributed by atoms with E-state index in [-0.39, 0.29) is 5.91 Å². The molecule has 0 spiro atoms. The van der Waals surface area contributed by atoms with E-state index in [1.165, 1.54) is 0 Å². The first-order valence-corrected chi connectivity index (χ1v) is 6.54. The van der Waals surface area contributed by atoms with E-state index < -0.39 is 11.1 Å². The molecule has 1 saturated heterocycles. The van der Waals surface area contributed by atoms with Crippen molar-refractivity contribution in [3.05, 3.63) is 0 Å². The monoisotopic (exact) mass is 258 g/mol. The van der Waals surface area contributed by atoms with E-state index in [0.717, 1.165) is 19.4 Å². The Labute approximate surface area is 109 Å². The molecule has 0 aromatic carbocycles. The Balaban J connectivity index is 2.77. The molecule has 1 rings (SSSR count). The number of carbonyl (C=O) groups excluding carboxylic acids is 1. The summed E-state index contributed by atoms with van der Waals surface area (Å²) < 4.78 is 5.25. The molecule has 5 nitrogen and oxygen atoms in total. The van der Waals surface area contributed by atoms with Gasteiger partial charge in [-0.2, -0.15) is 0 Å². The molecule has 5 heteroatoms. The third-order valence-corrected chi connectivity index (χ3v) is 3.65. The van der Waals surface area contributed by atoms with Crippen molar-refractivity contribution >= 4 is 5.91 Å². The summed E-state index contributed by atoms with van der Waals surface area (Å²) in [7, 11) is 3.28. The summed E-state index contributed by atoms with van der Waals surface area (Å²) in [5.41, 5.74) is -1.27. The molecule has 0 bridgehead atoms. The van der Waals surface area contributed by atoms with E-state index in [4.69, 9.17) is 4.74 Å². The smallest absolute Gasteiger partial charge is 0.242 e. The number of nitrogens with zero attached hydrogens (tertiary/aromatic N) is 1. The highest BCUT2D eigenvalue weighted by atomic mass is 16.5. The number of carbonyl (C=O) groups is 1. The second-order valence-electron chi connectivity index (χ2n) is 5.70. The van der Waals surface area contributed by atoms with Crippen molar-refractivity contribution in [3.8, 4) is 0 Å². The lowest BCUT2D eigenvalue weighted by molar-refractivity contribution is -0.135. The third kappa shape index (κ3) is 3.43. The molecule has 0 radical (unpaired) electrons. The Hall–Kier alpha value is -0.650. The summed E-state index contributed by atoms with van der Waals surface area (Å²) in [6, 6.07) is 0. The lowest BCUT2D eigenvalue weighted by atomic mass is 9.94. The lowest BCUT2D eigenvalue weighted by Crippen LogP contribution is -2.58. The second kappa shape index (κ2) is 5.99. The van der Waals surface area contributed by atoms with Crippen LogP contribution >= 0.6 is 0 Å². The van der Waals surface area contributed by atoms with Gasteiger partial charge in [0.25, 0.3) is 0 Å². The Morgan fingerprint density at radius 3 is 2.72 bits per heavy atom. The molecular weight excluding hydrogens is 232 g/mol. The molecule has 0 aromatic rings. The summed E-state index contributed by atoms with van der Waals surface area (Å²) in [6.07, 6.45) is 2.45. The zero-order valence-corrected chi connectivity index (χ0v) is 12.0. The summed E-state index contributed by atoms with van der Waals surface area (Å²) in [4.78, 5) is 14.3. The number of amides is 1. The van der Waals surface area contributed by atoms with Gasteiger partial charge in [0.1, 0.15) is 5.54 Å². The second-order valence-corrected chi connectivity index (χ2v) is 5.70. The van der Waals surface area contributed by atoms with Crippen LogP contribution in [0.1, 0.15) is 33.1 Å². The highest BCUT2D eigenvalue weighted by Gasteiger charge is 2.47. The van der Waals surface area contributed by atoms with Crippen LogP contribution in [0.2, 0.25) is 0 Å². The number of hydrogen-bond acceptors (Lipinski definition) is 4. The van der Waals surface area contributed by atoms with Crippen molar-refractivity contribution in [1.82, 2.24) is 10.2 Å². The van der Waals surface area contributed by atoms with Gasteiger partial charge in [0.05, 0.1) is 12.2 Å². The van der Waals surface area contributed by atoms with Gasteiger partial charge in [0, 0.05) is 20.7 Å². The molecule has 1 amide bonds. The first kappa shape index (κ1) is 15.4. The van der Waals surface area contributed by atoms with Crippen molar-refractivity contribution in [3.63, 3.8) is 0 Å². The maximum atomic E-state index is 12.2. The van der Waals surface area contributed by atoms with Gasteiger partial charge in [-0.05, 0) is 39.7 Å². The molecule has 1 atom stereocenters. The fraction of sp³-hybridized carbons (Fsp3) is 0.923. The maximum Gasteiger partial charge on any atom is 0.242 e. The summed E-state index contributed by atoms with van der Waals surface area (Å²) in [5.74, 6) is 0.0117. The number of rotatable bonds is 6. The van der Waals surface area contributed by atoms with E-state index in [0.29, 0.717) is 19.6 Å². The van der Waals surface area contributed by atoms with Crippen LogP contribution in [-0.2, 0) is 9.53 Å². The van der Waals surface area contributed by atoms with Crippen LogP contribution in [0.15, 0.2) is 0 Å². The van der Waals surface area contributed by atoms with Gasteiger partial charge in [0.2, 0.25) is 5.91 Å². The van der Waals surface area contributed by atoms with Crippen LogP contribution in [0.3, 0.4) is 0 Å². The molecule has 0 saturated carbocycles. The molecule has 1 heterocycles. The van der Waals surface area contributed by atoms with E-state index in [1.807, 2.05) is 0 Å². The maximum absolute atomic E-state index is 12.2. The van der Waals surface area contributed by atoms with E-state index in [1.54, 1.807) is 28.0 Å². The first-order valence-electron chi connectivity index (χ1n) is 6.54. The highest BCUT2D eigenvalue weighted by Crippen LogP contribution is 2.31. The molecule has 18 heavy (non-hydrogen) atoms. The van der Waals surface area contributed by atoms with Crippen molar-refractivity contribution in [2.75, 3.05) is 33.9 Å². The third-order valence-electron chi connectivity index (χ3n) is 3.65. The summed E-state index contributed by atoms with van der Waals surface area (Å²) >= 11 is 0. The SMILES string of the molecule is CNC(=O)C1(COC)CCCN1CCC(C)(C)O. The van der Waals surface area contributed by atoms with E-state index >= 15 is 0 Å². The van der Waals surface area contributed by atoms with Crippen LogP contribution < -0.4 is 5.32 Å². The normalized spacial score (nSPS) is 25.4. The predicted octanol–water partition coefficient (Wildman–Crippen LogP) is 0.374. The fourth-order valence-corrected chi connectivity index (χ4v) is 2.63. The molecule has 1 unspecified atom stereocenters. The number of methoxy groups -OCH3 is 1. The number of ether oxygens (including phenoxy) is 1. The number of hydrogen-bond donors (Lipinski definition) is 2. The minimum atomic E-state index is -0.704. The molecule has 0 aliphatic carbocycles. The Morgan fingerprint density at radius 2 is 2.22 bits per heavy atom. The zero-order chi connectivity index (χ0) is 13.8. The van der Waals surface area contributed by atoms with Crippen molar-refractivity contribution in [2.24, 2.45) is 0 Å². The van der Waals surface area contributed by atoms with Crippen LogP contribution in [0.4, 0.5) is 0 Å². The molecule has 1 aliphatic heterocycles. The Kier molecular flexibility index (Phi) is 5.13. The number of nitrogens with one attached hydrogen (secondary N) is 1. The molecule has 0 aromatic heterocycles. The molecule has 106 valence electrons. The topological polar surface area (TPSA) is 61.8 Å². The van der Waals surface area contributed by atoms with E-state index in [2.05, 4.69) is 10.2 Å². The molecule has 2 N–H and O–H groups in total. The van der Waals surface area contributed by atoms with Crippen molar-refractivity contribution < 1.29 is 14.6 Å². The van der Waals surface area contributed by atoms with Crippen LogP contribution in [0, 0.1) is 0 Å². The van der Waals surface area contributed by atoms with Crippen LogP contribution in [0.5, 0.6) is 0 Å². The van der Waals surface area contributed by atoms with Gasteiger partial charge >= 0.3 is 0 Å². The quantitative estimate of drug-likeness (QED) is 0.723. The van der Waals surface area contributed by atoms with Gasteiger partial charge in [-0.25, -0.2) is 0 Å². The van der Waals surface area contributed by atoms with Gasteiger partial charge < -0.3 is 15.2 Å². The number of aliphatic hydroxyl groups is 1. The van der Waals surface area contributed by atoms with Crippen LogP contribution in [-0.4, -0.2) is 60.9 Å². The van der Waals surface area contributed by atoms with Gasteiger partial charge in [-0.15, -0.1) is 0 Å². The van der Waals surface area contributed by atoms with Gasteiger partial charge in [-0.1, -0.05) is 0 Å². The minimum Gasteiger partial charge on any atom is -0.390 e. The largest absolute Gasteiger partial charge is 0.390 e. The fourth-order valence-electron chi connectivity index (χ4n) is 2.63. The van der Waals surface area contributed by atoms with Crippen molar-refractivity contribution in [1.29, 1.82) is 0 Å². The molecule has 1 fully saturated rings. The number of likely N-dealkylation sites (tertiary alicyclic amines) is 1. The zero-order valence-electron chi connectivity index (χ0n) is 12.0. The standard InChI is InChI=1S/C13H26N2O3/c1-12(2,17)7-9-15-8-5-6-13(15,10-18-4)11(16)14-3/h17H,5-10H2,1-4H3,(H,14,16). The summed E-state index contributed by atoms with van der Waals surface area (Å²) in [6.45, 7) is 5.58. The van der Waals surface area contributed by atoms with Gasteiger partial charge in [0.15, 0.2) is 0 Å². The van der Waals surface area contributed by atoms with Gasteiger partial charge in [-0.3, -0.25) is 9.69 Å². The average Bonchev–Trinajstić information content (AvgIpc) is 2.69. The van der Waals surface area contributed by atoms with E-state index in [9.17, 15) is 9.90 Å². The van der Waals surface area contributed by atoms with Crippen molar-refractivity contribution in [2.45, 2.75) is 44.2 Å². The Bertz CT molecular complexity index is 288. The Morgan fingerprint density at radius 1 is 1.56 bits per heavy atom. The predicted molar refractivity (Wildman–Crippen MR) is 70.4 cm³/mol. The summed E-state index contributed by atoms with van der Waals surface area (Å²) in [5, 5.41) is 12.6. The number of likely N-dealkylation sites (N-methyl/N-ethyl adjacent to an activating group) is 1. The minimum absolute atomic E-state index is 0.0117.